The van der Waals surface area contributed by atoms with Crippen LogP contribution in [0.25, 0.3) is 0 Å². The molecule has 0 amide bonds. The minimum Gasteiger partial charge on any atom is -0.250 e. The van der Waals surface area contributed by atoms with Crippen LogP contribution < -0.4 is 0 Å². The molecule has 0 N–H and O–H groups in total. The number of aliphatic imine (C=N–C) groups is 2. The van der Waals surface area contributed by atoms with E-state index in [4.69, 9.17) is 9.98 Å². The van der Waals surface area contributed by atoms with Crippen LogP contribution in [0.2, 0.25) is 0 Å². The third-order valence-corrected chi connectivity index (χ3v) is 5.09. The maximum absolute atomic E-state index is 4.80. The van der Waals surface area contributed by atoms with E-state index in [1.165, 1.54) is 11.1 Å². The lowest BCUT2D eigenvalue weighted by atomic mass is 10.1. The van der Waals surface area contributed by atoms with Gasteiger partial charge in [-0.1, -0.05) is 12.1 Å². The summed E-state index contributed by atoms with van der Waals surface area (Å²) >= 11 is 7.24. The number of hydrogen-bond donors (Lipinski definition) is 0. The highest BCUT2D eigenvalue weighted by Gasteiger charge is 2.08. The zero-order chi connectivity index (χ0) is 18.0. The quantitative estimate of drug-likeness (QED) is 0.438. The molecule has 2 nitrogen and oxygen atoms in total. The largest absolute Gasteiger partial charge is 0.250 e. The van der Waals surface area contributed by atoms with E-state index in [2.05, 4.69) is 83.8 Å². The lowest BCUT2D eigenvalue weighted by molar-refractivity contribution is 1.31. The molecule has 0 atom stereocenters. The third kappa shape index (κ3) is 4.42. The van der Waals surface area contributed by atoms with Gasteiger partial charge in [-0.05, 0) is 108 Å². The first-order valence-electron chi connectivity index (χ1n) is 7.83. The molecule has 0 aliphatic carbocycles. The molecular weight excluding hydrogens is 428 g/mol. The smallest absolute Gasteiger partial charge is 0.0804 e. The zero-order valence-electron chi connectivity index (χ0n) is 15.0. The summed E-state index contributed by atoms with van der Waals surface area (Å²) < 4.78 is 2.03. The minimum atomic E-state index is 0.912. The van der Waals surface area contributed by atoms with Gasteiger partial charge in [-0.15, -0.1) is 0 Å². The predicted octanol–water partition coefficient (Wildman–Crippen LogP) is 7.33. The zero-order valence-corrected chi connectivity index (χ0v) is 18.1. The van der Waals surface area contributed by atoms with E-state index in [-0.39, 0.29) is 0 Å². The Morgan fingerprint density at radius 3 is 1.29 bits per heavy atom. The van der Waals surface area contributed by atoms with Crippen molar-refractivity contribution in [1.29, 1.82) is 0 Å². The highest BCUT2D eigenvalue weighted by Crippen LogP contribution is 2.32. The molecule has 0 saturated carbocycles. The van der Waals surface area contributed by atoms with Gasteiger partial charge < -0.3 is 0 Å². The summed E-state index contributed by atoms with van der Waals surface area (Å²) in [6, 6.07) is 8.46. The van der Waals surface area contributed by atoms with Crippen LogP contribution in [0.3, 0.4) is 0 Å². The fraction of sp³-hybridized carbons (Fsp3) is 0.300. The monoisotopic (exact) mass is 448 g/mol. The Morgan fingerprint density at radius 2 is 1.00 bits per heavy atom. The van der Waals surface area contributed by atoms with Crippen molar-refractivity contribution in [1.82, 2.24) is 0 Å². The molecule has 0 fully saturated rings. The van der Waals surface area contributed by atoms with Gasteiger partial charge in [0.2, 0.25) is 0 Å². The maximum Gasteiger partial charge on any atom is 0.0804 e. The maximum atomic E-state index is 4.80. The number of rotatable bonds is 3. The van der Waals surface area contributed by atoms with Gasteiger partial charge in [0.15, 0.2) is 0 Å². The molecule has 126 valence electrons. The first-order chi connectivity index (χ1) is 11.2. The number of nitrogens with zero attached hydrogens (tertiary/aromatic N) is 2. The molecular formula is C20H22Br2N2. The SMILES string of the molecule is CC(=Nc1c(C)cc(C)cc1Br)C(C)=Nc1c(C)cc(C)cc1Br. The van der Waals surface area contributed by atoms with Crippen molar-refractivity contribution < 1.29 is 0 Å². The number of benzene rings is 2. The van der Waals surface area contributed by atoms with Crippen molar-refractivity contribution in [2.75, 3.05) is 0 Å². The first-order valence-corrected chi connectivity index (χ1v) is 9.42. The molecule has 2 aromatic rings. The summed E-state index contributed by atoms with van der Waals surface area (Å²) in [5.41, 5.74) is 8.51. The van der Waals surface area contributed by atoms with Crippen molar-refractivity contribution in [2.24, 2.45) is 9.98 Å². The Labute approximate surface area is 161 Å². The molecule has 0 heterocycles. The Kier molecular flexibility index (Phi) is 6.16. The number of halogens is 2. The highest BCUT2D eigenvalue weighted by atomic mass is 79.9. The van der Waals surface area contributed by atoms with Gasteiger partial charge in [-0.2, -0.15) is 0 Å². The molecule has 0 bridgehead atoms. The van der Waals surface area contributed by atoms with Gasteiger partial charge in [-0.25, -0.2) is 0 Å². The van der Waals surface area contributed by atoms with Crippen LogP contribution in [0.15, 0.2) is 43.2 Å². The topological polar surface area (TPSA) is 24.7 Å². The van der Waals surface area contributed by atoms with Crippen molar-refractivity contribution in [3.63, 3.8) is 0 Å². The van der Waals surface area contributed by atoms with Crippen LogP contribution in [0, 0.1) is 27.7 Å². The summed E-state index contributed by atoms with van der Waals surface area (Å²) in [6.07, 6.45) is 0. The van der Waals surface area contributed by atoms with Crippen LogP contribution >= 0.6 is 31.9 Å². The molecule has 2 rings (SSSR count). The van der Waals surface area contributed by atoms with Crippen LogP contribution in [0.1, 0.15) is 36.1 Å². The second kappa shape index (κ2) is 7.75. The molecule has 2 aromatic carbocycles. The van der Waals surface area contributed by atoms with E-state index in [0.717, 1.165) is 42.9 Å². The Hall–Kier alpha value is -1.26. The summed E-state index contributed by atoms with van der Waals surface area (Å²) in [7, 11) is 0. The normalized spacial score (nSPS) is 12.7. The highest BCUT2D eigenvalue weighted by molar-refractivity contribution is 9.11. The predicted molar refractivity (Wildman–Crippen MR) is 113 cm³/mol. The van der Waals surface area contributed by atoms with Crippen LogP contribution in [0.4, 0.5) is 11.4 Å². The van der Waals surface area contributed by atoms with E-state index in [0.29, 0.717) is 0 Å². The fourth-order valence-electron chi connectivity index (χ4n) is 2.60. The average molecular weight is 450 g/mol. The minimum absolute atomic E-state index is 0.912. The fourth-order valence-corrected chi connectivity index (χ4v) is 4.12. The molecule has 0 aliphatic heterocycles. The summed E-state index contributed by atoms with van der Waals surface area (Å²) in [5.74, 6) is 0. The Balaban J connectivity index is 2.45. The van der Waals surface area contributed by atoms with E-state index < -0.39 is 0 Å². The van der Waals surface area contributed by atoms with Crippen molar-refractivity contribution in [3.05, 3.63) is 55.5 Å². The molecule has 24 heavy (non-hydrogen) atoms. The lowest BCUT2D eigenvalue weighted by Crippen LogP contribution is -2.05. The van der Waals surface area contributed by atoms with Crippen molar-refractivity contribution >= 4 is 54.7 Å². The lowest BCUT2D eigenvalue weighted by Gasteiger charge is -2.09. The Bertz CT molecular complexity index is 731. The van der Waals surface area contributed by atoms with Gasteiger partial charge in [0.25, 0.3) is 0 Å². The van der Waals surface area contributed by atoms with Crippen LogP contribution in [0.5, 0.6) is 0 Å². The van der Waals surface area contributed by atoms with Crippen molar-refractivity contribution in [3.8, 4) is 0 Å². The molecule has 4 heteroatoms. The standard InChI is InChI=1S/C20H22Br2N2/c1-11-7-13(3)19(17(21)9-11)23-15(5)16(6)24-20-14(4)8-12(2)10-18(20)22/h7-10H,1-6H3. The number of aryl methyl sites for hydroxylation is 4. The van der Waals surface area contributed by atoms with E-state index in [9.17, 15) is 0 Å². The molecule has 0 aliphatic rings. The van der Waals surface area contributed by atoms with Gasteiger partial charge in [-0.3, -0.25) is 9.98 Å². The summed E-state index contributed by atoms with van der Waals surface area (Å²) in [5, 5.41) is 0. The van der Waals surface area contributed by atoms with Gasteiger partial charge in [0.1, 0.15) is 0 Å². The van der Waals surface area contributed by atoms with E-state index >= 15 is 0 Å². The summed E-state index contributed by atoms with van der Waals surface area (Å²) in [6.45, 7) is 12.3. The van der Waals surface area contributed by atoms with Crippen molar-refractivity contribution in [2.45, 2.75) is 41.5 Å². The van der Waals surface area contributed by atoms with E-state index in [1.54, 1.807) is 0 Å². The second-order valence-electron chi connectivity index (χ2n) is 6.22. The van der Waals surface area contributed by atoms with E-state index in [1.807, 2.05) is 13.8 Å². The van der Waals surface area contributed by atoms with Gasteiger partial charge in [0.05, 0.1) is 22.8 Å². The second-order valence-corrected chi connectivity index (χ2v) is 7.93. The molecule has 0 spiro atoms. The van der Waals surface area contributed by atoms with Crippen LogP contribution in [-0.4, -0.2) is 11.4 Å². The molecule has 0 radical (unpaired) electrons. The third-order valence-electron chi connectivity index (χ3n) is 3.88. The van der Waals surface area contributed by atoms with Gasteiger partial charge in [0, 0.05) is 8.95 Å². The molecule has 0 unspecified atom stereocenters. The molecule has 0 aromatic heterocycles. The Morgan fingerprint density at radius 1 is 0.667 bits per heavy atom. The molecule has 0 saturated heterocycles. The first kappa shape index (κ1) is 19.1. The number of hydrogen-bond acceptors (Lipinski definition) is 2. The average Bonchev–Trinajstić information content (AvgIpc) is 2.46. The van der Waals surface area contributed by atoms with Gasteiger partial charge >= 0.3 is 0 Å². The van der Waals surface area contributed by atoms with Crippen LogP contribution in [-0.2, 0) is 0 Å². The summed E-state index contributed by atoms with van der Waals surface area (Å²) in [4.78, 5) is 9.59.